The van der Waals surface area contributed by atoms with Crippen LogP contribution in [0, 0.1) is 0 Å². The molecule has 0 aliphatic heterocycles. The Morgan fingerprint density at radius 3 is 0.867 bits per heavy atom. The Hall–Kier alpha value is -4.00. The normalized spacial score (nSPS) is 9.73. The largest absolute Gasteiger partial charge is 0.457 e. The van der Waals surface area contributed by atoms with Gasteiger partial charge in [0.2, 0.25) is 0 Å². The monoisotopic (exact) mass is 402 g/mol. The Labute approximate surface area is 176 Å². The van der Waals surface area contributed by atoms with Crippen LogP contribution in [0.15, 0.2) is 97.1 Å². The Balaban J connectivity index is 0.00000160. The smallest absolute Gasteiger partial charge is 0.127 e. The second-order valence-electron chi connectivity index (χ2n) is 6.39. The van der Waals surface area contributed by atoms with Gasteiger partial charge in [0, 0.05) is 11.4 Å². The summed E-state index contributed by atoms with van der Waals surface area (Å²) in [6, 6.07) is 30.6. The third-order valence-corrected chi connectivity index (χ3v) is 4.27. The Morgan fingerprint density at radius 2 is 0.600 bits per heavy atom. The number of benzene rings is 4. The van der Waals surface area contributed by atoms with Gasteiger partial charge in [-0.1, -0.05) is 24.3 Å². The van der Waals surface area contributed by atoms with Gasteiger partial charge in [-0.05, 0) is 83.9 Å². The summed E-state index contributed by atoms with van der Waals surface area (Å²) in [5.74, 6) is 3.06. The molecule has 0 bridgehead atoms. The van der Waals surface area contributed by atoms with Crippen LogP contribution in [0.1, 0.15) is 0 Å². The predicted molar refractivity (Wildman–Crippen MR) is 124 cm³/mol. The van der Waals surface area contributed by atoms with Crippen molar-refractivity contribution in [1.29, 1.82) is 0 Å². The van der Waals surface area contributed by atoms with Crippen molar-refractivity contribution in [2.45, 2.75) is 0 Å². The van der Waals surface area contributed by atoms with Crippen molar-refractivity contribution in [2.24, 2.45) is 0 Å². The van der Waals surface area contributed by atoms with E-state index in [1.54, 1.807) is 0 Å². The van der Waals surface area contributed by atoms with Gasteiger partial charge >= 0.3 is 0 Å². The molecule has 4 aromatic carbocycles. The van der Waals surface area contributed by atoms with E-state index in [0.717, 1.165) is 34.1 Å². The molecule has 0 radical (unpaired) electrons. The van der Waals surface area contributed by atoms with E-state index in [9.17, 15) is 0 Å². The van der Waals surface area contributed by atoms with Crippen LogP contribution in [-0.4, -0.2) is 0 Å². The van der Waals surface area contributed by atoms with Gasteiger partial charge in [0.1, 0.15) is 23.0 Å². The van der Waals surface area contributed by atoms with E-state index in [1.165, 1.54) is 0 Å². The number of nitrogens with two attached hydrogens (primary N) is 2. The molecule has 0 aliphatic rings. The summed E-state index contributed by atoms with van der Waals surface area (Å²) in [7, 11) is 0. The van der Waals surface area contributed by atoms with Crippen molar-refractivity contribution in [1.82, 2.24) is 12.3 Å². The molecule has 10 N–H and O–H groups in total. The molecule has 0 saturated carbocycles. The molecule has 6 heteroatoms. The summed E-state index contributed by atoms with van der Waals surface area (Å²) in [5.41, 5.74) is 15.0. The summed E-state index contributed by atoms with van der Waals surface area (Å²) >= 11 is 0. The zero-order chi connectivity index (χ0) is 19.3. The number of anilines is 2. The summed E-state index contributed by atoms with van der Waals surface area (Å²) in [6.07, 6.45) is 0. The van der Waals surface area contributed by atoms with Gasteiger partial charge < -0.3 is 33.2 Å². The van der Waals surface area contributed by atoms with Crippen LogP contribution in [0.4, 0.5) is 11.4 Å². The molecule has 0 fully saturated rings. The van der Waals surface area contributed by atoms with Gasteiger partial charge in [-0.15, -0.1) is 0 Å². The molecule has 0 heterocycles. The van der Waals surface area contributed by atoms with Crippen molar-refractivity contribution < 1.29 is 9.47 Å². The van der Waals surface area contributed by atoms with Crippen LogP contribution < -0.4 is 33.2 Å². The van der Waals surface area contributed by atoms with Crippen LogP contribution >= 0.6 is 0 Å². The molecule has 4 aromatic rings. The van der Waals surface area contributed by atoms with E-state index in [2.05, 4.69) is 0 Å². The quantitative estimate of drug-likeness (QED) is 0.284. The first kappa shape index (κ1) is 22.3. The zero-order valence-corrected chi connectivity index (χ0v) is 16.6. The van der Waals surface area contributed by atoms with Crippen LogP contribution in [0.3, 0.4) is 0 Å². The Bertz CT molecular complexity index is 957. The molecule has 0 saturated heterocycles. The number of hydrogen-bond donors (Lipinski definition) is 4. The Kier molecular flexibility index (Phi) is 7.41. The van der Waals surface area contributed by atoms with E-state index < -0.39 is 0 Å². The molecule has 0 aromatic heterocycles. The average molecular weight is 402 g/mol. The fourth-order valence-electron chi connectivity index (χ4n) is 2.77. The number of hydrogen-bond acceptors (Lipinski definition) is 6. The van der Waals surface area contributed by atoms with Crippen LogP contribution in [-0.2, 0) is 0 Å². The third-order valence-electron chi connectivity index (χ3n) is 4.27. The van der Waals surface area contributed by atoms with Crippen molar-refractivity contribution >= 4 is 11.4 Å². The van der Waals surface area contributed by atoms with Crippen LogP contribution in [0.2, 0.25) is 0 Å². The highest BCUT2D eigenvalue weighted by Crippen LogP contribution is 2.29. The fourth-order valence-corrected chi connectivity index (χ4v) is 2.77. The number of rotatable bonds is 5. The summed E-state index contributed by atoms with van der Waals surface area (Å²) in [4.78, 5) is 0. The van der Waals surface area contributed by atoms with E-state index in [1.807, 2.05) is 97.1 Å². The summed E-state index contributed by atoms with van der Waals surface area (Å²) in [6.45, 7) is 0. The lowest BCUT2D eigenvalue weighted by Gasteiger charge is -2.09. The van der Waals surface area contributed by atoms with Gasteiger partial charge in [0.15, 0.2) is 0 Å². The summed E-state index contributed by atoms with van der Waals surface area (Å²) in [5, 5.41) is 0. The van der Waals surface area contributed by atoms with Gasteiger partial charge in [-0.2, -0.15) is 0 Å². The molecular formula is C24H26N4O2. The molecule has 0 unspecified atom stereocenters. The molecule has 0 amide bonds. The topological polar surface area (TPSA) is 140 Å². The first-order chi connectivity index (χ1) is 13.7. The lowest BCUT2D eigenvalue weighted by molar-refractivity contribution is 0.482. The van der Waals surface area contributed by atoms with Gasteiger partial charge in [0.05, 0.1) is 0 Å². The minimum absolute atomic E-state index is 0. The van der Waals surface area contributed by atoms with Crippen LogP contribution in [0.25, 0.3) is 11.1 Å². The Morgan fingerprint density at radius 1 is 0.367 bits per heavy atom. The molecule has 0 aliphatic carbocycles. The van der Waals surface area contributed by atoms with Gasteiger partial charge in [0.25, 0.3) is 0 Å². The molecule has 0 spiro atoms. The van der Waals surface area contributed by atoms with Crippen LogP contribution in [0.5, 0.6) is 23.0 Å². The summed E-state index contributed by atoms with van der Waals surface area (Å²) < 4.78 is 11.7. The second kappa shape index (κ2) is 9.97. The minimum Gasteiger partial charge on any atom is -0.457 e. The molecular weight excluding hydrogens is 376 g/mol. The van der Waals surface area contributed by atoms with Crippen molar-refractivity contribution in [3.8, 4) is 34.1 Å². The van der Waals surface area contributed by atoms with Crippen molar-refractivity contribution in [2.75, 3.05) is 11.5 Å². The van der Waals surface area contributed by atoms with Crippen molar-refractivity contribution in [3.63, 3.8) is 0 Å². The molecule has 154 valence electrons. The van der Waals surface area contributed by atoms with E-state index >= 15 is 0 Å². The number of nitrogen functional groups attached to an aromatic ring is 2. The lowest BCUT2D eigenvalue weighted by atomic mass is 10.1. The van der Waals surface area contributed by atoms with Gasteiger partial charge in [-0.25, -0.2) is 0 Å². The molecule has 4 rings (SSSR count). The first-order valence-electron chi connectivity index (χ1n) is 8.93. The maximum Gasteiger partial charge on any atom is 0.127 e. The lowest BCUT2D eigenvalue weighted by Crippen LogP contribution is -1.87. The number of ether oxygens (including phenoxy) is 2. The SMILES string of the molecule is N.N.Nc1ccc(Oc2ccc(-c3ccc(Oc4ccc(N)cc4)cc3)cc2)cc1. The maximum atomic E-state index is 5.83. The highest BCUT2D eigenvalue weighted by atomic mass is 16.5. The highest BCUT2D eigenvalue weighted by molar-refractivity contribution is 5.65. The molecule has 0 atom stereocenters. The zero-order valence-electron chi connectivity index (χ0n) is 16.6. The predicted octanol–water partition coefficient (Wildman–Crippen LogP) is 6.43. The maximum absolute atomic E-state index is 5.83. The van der Waals surface area contributed by atoms with E-state index in [0.29, 0.717) is 11.4 Å². The molecule has 30 heavy (non-hydrogen) atoms. The minimum atomic E-state index is 0. The van der Waals surface area contributed by atoms with Gasteiger partial charge in [-0.3, -0.25) is 0 Å². The second-order valence-corrected chi connectivity index (χ2v) is 6.39. The molecule has 6 nitrogen and oxygen atoms in total. The highest BCUT2D eigenvalue weighted by Gasteiger charge is 2.02. The fraction of sp³-hybridized carbons (Fsp3) is 0. The van der Waals surface area contributed by atoms with E-state index in [-0.39, 0.29) is 12.3 Å². The first-order valence-corrected chi connectivity index (χ1v) is 8.93. The average Bonchev–Trinajstić information content (AvgIpc) is 2.73. The third kappa shape index (κ3) is 5.51. The standard InChI is InChI=1S/C24H20N2O2.2H3N/c25-19-5-13-23(14-6-19)27-21-9-1-17(2-10-21)18-3-11-22(12-4-18)28-24-15-7-20(26)8-16-24;;/h1-16H,25-26H2;2*1H3. The van der Waals surface area contributed by atoms with Crippen molar-refractivity contribution in [3.05, 3.63) is 97.1 Å². The van der Waals surface area contributed by atoms with E-state index in [4.69, 9.17) is 20.9 Å².